The molecule has 1 unspecified atom stereocenters. The van der Waals surface area contributed by atoms with Crippen molar-refractivity contribution in [3.8, 4) is 0 Å². The van der Waals surface area contributed by atoms with Crippen LogP contribution in [0.3, 0.4) is 0 Å². The quantitative estimate of drug-likeness (QED) is 0.863. The Labute approximate surface area is 120 Å². The smallest absolute Gasteiger partial charge is 0.0876 e. The van der Waals surface area contributed by atoms with Crippen LogP contribution in [0.1, 0.15) is 43.4 Å². The molecule has 3 heteroatoms. The van der Waals surface area contributed by atoms with Crippen LogP contribution in [0.2, 0.25) is 5.02 Å². The van der Waals surface area contributed by atoms with Gasteiger partial charge in [0, 0.05) is 5.02 Å². The van der Waals surface area contributed by atoms with E-state index in [9.17, 15) is 0 Å². The Bertz CT molecular complexity index is 436. The van der Waals surface area contributed by atoms with Gasteiger partial charge in [0.25, 0.3) is 0 Å². The first kappa shape index (κ1) is 14.4. The number of halogens is 1. The van der Waals surface area contributed by atoms with Gasteiger partial charge in [-0.25, -0.2) is 0 Å². The molecule has 0 amide bonds. The van der Waals surface area contributed by atoms with Crippen LogP contribution in [-0.4, -0.2) is 13.2 Å². The number of nitrogens with one attached hydrogen (secondary N) is 1. The number of ether oxygens (including phenoxy) is 1. The predicted molar refractivity (Wildman–Crippen MR) is 80.5 cm³/mol. The molecule has 2 rings (SSSR count). The first-order valence-corrected chi connectivity index (χ1v) is 7.39. The van der Waals surface area contributed by atoms with Gasteiger partial charge in [-0.05, 0) is 61.6 Å². The fourth-order valence-electron chi connectivity index (χ4n) is 2.48. The van der Waals surface area contributed by atoms with Gasteiger partial charge >= 0.3 is 0 Å². The molecule has 1 heterocycles. The fraction of sp³-hybridized carbons (Fsp3) is 0.500. The highest BCUT2D eigenvalue weighted by molar-refractivity contribution is 6.30. The van der Waals surface area contributed by atoms with Crippen LogP contribution in [0.25, 0.3) is 0 Å². The summed E-state index contributed by atoms with van der Waals surface area (Å²) in [4.78, 5) is 0. The van der Waals surface area contributed by atoms with Crippen molar-refractivity contribution in [2.75, 3.05) is 13.2 Å². The molecule has 1 aliphatic rings. The number of benzene rings is 1. The lowest BCUT2D eigenvalue weighted by molar-refractivity contribution is 0.219. The van der Waals surface area contributed by atoms with Crippen molar-refractivity contribution in [2.45, 2.75) is 39.2 Å². The molecule has 0 fully saturated rings. The van der Waals surface area contributed by atoms with Crippen LogP contribution >= 0.6 is 11.6 Å². The van der Waals surface area contributed by atoms with Crippen molar-refractivity contribution in [1.29, 1.82) is 0 Å². The number of aryl methyl sites for hydroxylation is 1. The van der Waals surface area contributed by atoms with Gasteiger partial charge in [-0.3, -0.25) is 0 Å². The molecule has 0 radical (unpaired) electrons. The summed E-state index contributed by atoms with van der Waals surface area (Å²) >= 11 is 6.19. The zero-order chi connectivity index (χ0) is 13.7. The van der Waals surface area contributed by atoms with Crippen LogP contribution < -0.4 is 5.32 Å². The van der Waals surface area contributed by atoms with E-state index >= 15 is 0 Å². The zero-order valence-corrected chi connectivity index (χ0v) is 12.5. The standard InChI is InChI=1S/C16H22ClNO/c1-3-6-18-16(13-5-4-7-19-11-13)14-8-12(2)9-15(17)10-14/h8-11,16,18H,3-7H2,1-2H3. The Hall–Kier alpha value is -0.990. The van der Waals surface area contributed by atoms with Crippen LogP contribution in [0.5, 0.6) is 0 Å². The molecule has 1 aromatic carbocycles. The predicted octanol–water partition coefficient (Wildman–Crippen LogP) is 4.38. The number of hydrogen-bond donors (Lipinski definition) is 1. The lowest BCUT2D eigenvalue weighted by Gasteiger charge is -2.25. The Balaban J connectivity index is 2.27. The average Bonchev–Trinajstić information content (AvgIpc) is 2.39. The van der Waals surface area contributed by atoms with Crippen molar-refractivity contribution in [2.24, 2.45) is 0 Å². The summed E-state index contributed by atoms with van der Waals surface area (Å²) in [5.74, 6) is 0. The van der Waals surface area contributed by atoms with E-state index in [-0.39, 0.29) is 6.04 Å². The Morgan fingerprint density at radius 1 is 1.37 bits per heavy atom. The molecule has 0 aromatic heterocycles. The zero-order valence-electron chi connectivity index (χ0n) is 11.7. The van der Waals surface area contributed by atoms with Crippen molar-refractivity contribution in [3.63, 3.8) is 0 Å². The third kappa shape index (κ3) is 3.99. The molecule has 0 aliphatic carbocycles. The first-order valence-electron chi connectivity index (χ1n) is 7.01. The second kappa shape index (κ2) is 6.97. The van der Waals surface area contributed by atoms with Crippen LogP contribution in [-0.2, 0) is 4.74 Å². The van der Waals surface area contributed by atoms with Gasteiger partial charge in [0.1, 0.15) is 0 Å². The molecular formula is C16H22ClNO. The van der Waals surface area contributed by atoms with E-state index in [1.807, 2.05) is 12.3 Å². The van der Waals surface area contributed by atoms with E-state index in [1.54, 1.807) is 0 Å². The Kier molecular flexibility index (Phi) is 5.29. The van der Waals surface area contributed by atoms with Crippen LogP contribution in [0.15, 0.2) is 30.0 Å². The summed E-state index contributed by atoms with van der Waals surface area (Å²) < 4.78 is 5.49. The largest absolute Gasteiger partial charge is 0.501 e. The van der Waals surface area contributed by atoms with Gasteiger partial charge < -0.3 is 10.1 Å². The van der Waals surface area contributed by atoms with E-state index < -0.39 is 0 Å². The molecule has 1 aromatic rings. The second-order valence-electron chi connectivity index (χ2n) is 5.12. The third-order valence-corrected chi connectivity index (χ3v) is 3.55. The van der Waals surface area contributed by atoms with Gasteiger partial charge in [-0.15, -0.1) is 0 Å². The van der Waals surface area contributed by atoms with E-state index in [2.05, 4.69) is 31.3 Å². The van der Waals surface area contributed by atoms with Crippen LogP contribution in [0.4, 0.5) is 0 Å². The van der Waals surface area contributed by atoms with Gasteiger partial charge in [-0.2, -0.15) is 0 Å². The highest BCUT2D eigenvalue weighted by Crippen LogP contribution is 2.30. The van der Waals surface area contributed by atoms with Crippen molar-refractivity contribution >= 4 is 11.6 Å². The minimum Gasteiger partial charge on any atom is -0.501 e. The average molecular weight is 280 g/mol. The maximum Gasteiger partial charge on any atom is 0.0876 e. The molecule has 104 valence electrons. The molecule has 0 saturated heterocycles. The highest BCUT2D eigenvalue weighted by atomic mass is 35.5. The summed E-state index contributed by atoms with van der Waals surface area (Å²) in [6.45, 7) is 6.09. The van der Waals surface area contributed by atoms with E-state index in [4.69, 9.17) is 16.3 Å². The summed E-state index contributed by atoms with van der Waals surface area (Å²) in [6.07, 6.45) is 5.22. The molecule has 1 N–H and O–H groups in total. The summed E-state index contributed by atoms with van der Waals surface area (Å²) in [7, 11) is 0. The van der Waals surface area contributed by atoms with E-state index in [0.717, 1.165) is 37.4 Å². The van der Waals surface area contributed by atoms with Gasteiger partial charge in [0.05, 0.1) is 18.9 Å². The topological polar surface area (TPSA) is 21.3 Å². The monoisotopic (exact) mass is 279 g/mol. The van der Waals surface area contributed by atoms with Gasteiger partial charge in [0.15, 0.2) is 0 Å². The fourth-order valence-corrected chi connectivity index (χ4v) is 2.78. The number of rotatable bonds is 5. The molecule has 1 atom stereocenters. The SMILES string of the molecule is CCCNC(C1=COCCC1)c1cc(C)cc(Cl)c1. The van der Waals surface area contributed by atoms with Crippen molar-refractivity contribution < 1.29 is 4.74 Å². The number of hydrogen-bond acceptors (Lipinski definition) is 2. The molecule has 2 nitrogen and oxygen atoms in total. The minimum absolute atomic E-state index is 0.220. The Morgan fingerprint density at radius 2 is 2.21 bits per heavy atom. The molecular weight excluding hydrogens is 258 g/mol. The maximum absolute atomic E-state index is 6.19. The molecule has 1 aliphatic heterocycles. The first-order chi connectivity index (χ1) is 9.20. The maximum atomic E-state index is 6.19. The van der Waals surface area contributed by atoms with E-state index in [0.29, 0.717) is 0 Å². The summed E-state index contributed by atoms with van der Waals surface area (Å²) in [5, 5.41) is 4.40. The third-order valence-electron chi connectivity index (χ3n) is 3.33. The second-order valence-corrected chi connectivity index (χ2v) is 5.55. The van der Waals surface area contributed by atoms with Crippen LogP contribution in [0, 0.1) is 6.92 Å². The van der Waals surface area contributed by atoms with Gasteiger partial charge in [0.2, 0.25) is 0 Å². The molecule has 19 heavy (non-hydrogen) atoms. The van der Waals surface area contributed by atoms with Gasteiger partial charge in [-0.1, -0.05) is 24.6 Å². The normalized spacial score (nSPS) is 16.7. The molecule has 0 saturated carbocycles. The van der Waals surface area contributed by atoms with Crippen molar-refractivity contribution in [3.05, 3.63) is 46.2 Å². The molecule has 0 spiro atoms. The summed E-state index contributed by atoms with van der Waals surface area (Å²) in [5.41, 5.74) is 3.75. The molecule has 0 bridgehead atoms. The Morgan fingerprint density at radius 3 is 2.84 bits per heavy atom. The van der Waals surface area contributed by atoms with Crippen molar-refractivity contribution in [1.82, 2.24) is 5.32 Å². The van der Waals surface area contributed by atoms with E-state index in [1.165, 1.54) is 16.7 Å². The minimum atomic E-state index is 0.220. The summed E-state index contributed by atoms with van der Waals surface area (Å²) in [6, 6.07) is 6.47. The highest BCUT2D eigenvalue weighted by Gasteiger charge is 2.19. The lowest BCUT2D eigenvalue weighted by Crippen LogP contribution is -2.25. The lowest BCUT2D eigenvalue weighted by atomic mass is 9.94.